The van der Waals surface area contributed by atoms with Crippen molar-refractivity contribution >= 4 is 22.4 Å². The molecule has 1 aromatic rings. The summed E-state index contributed by atoms with van der Waals surface area (Å²) >= 11 is 0. The average molecular weight is 359 g/mol. The molecular formula is C12H21ClF2N4O2S. The Balaban J connectivity index is 0.00000242. The maximum Gasteiger partial charge on any atom is 0.257 e. The van der Waals surface area contributed by atoms with Crippen molar-refractivity contribution in [3.05, 3.63) is 12.4 Å². The molecule has 2 heterocycles. The van der Waals surface area contributed by atoms with Crippen LogP contribution in [0, 0.1) is 5.41 Å². The molecule has 0 saturated carbocycles. The summed E-state index contributed by atoms with van der Waals surface area (Å²) in [6.45, 7) is 3.49. The van der Waals surface area contributed by atoms with Crippen LogP contribution in [0.4, 0.5) is 8.78 Å². The first kappa shape index (κ1) is 19.3. The van der Waals surface area contributed by atoms with Crippen molar-refractivity contribution in [1.29, 1.82) is 0 Å². The molecule has 0 unspecified atom stereocenters. The van der Waals surface area contributed by atoms with Crippen molar-refractivity contribution in [2.75, 3.05) is 19.6 Å². The van der Waals surface area contributed by atoms with E-state index >= 15 is 0 Å². The minimum Gasteiger partial charge on any atom is -0.317 e. The number of nitrogens with one attached hydrogen (secondary N) is 2. The van der Waals surface area contributed by atoms with Crippen molar-refractivity contribution < 1.29 is 17.2 Å². The monoisotopic (exact) mass is 358 g/mol. The highest BCUT2D eigenvalue weighted by Crippen LogP contribution is 2.27. The number of rotatable bonds is 6. The molecular weight excluding hydrogens is 338 g/mol. The van der Waals surface area contributed by atoms with Crippen LogP contribution in [0.1, 0.15) is 19.8 Å². The van der Waals surface area contributed by atoms with Crippen molar-refractivity contribution in [1.82, 2.24) is 19.8 Å². The van der Waals surface area contributed by atoms with Crippen LogP contribution in [0.2, 0.25) is 0 Å². The summed E-state index contributed by atoms with van der Waals surface area (Å²) in [4.78, 5) is -0.0827. The van der Waals surface area contributed by atoms with Gasteiger partial charge in [-0.05, 0) is 31.3 Å². The molecule has 1 aliphatic heterocycles. The second-order valence-electron chi connectivity index (χ2n) is 5.67. The Hall–Kier alpha value is -0.770. The molecule has 10 heteroatoms. The fourth-order valence-electron chi connectivity index (χ4n) is 2.28. The molecule has 0 aromatic carbocycles. The van der Waals surface area contributed by atoms with Gasteiger partial charge in [0.25, 0.3) is 6.43 Å². The third-order valence-electron chi connectivity index (χ3n) is 3.74. The lowest BCUT2D eigenvalue weighted by molar-refractivity contribution is 0.121. The molecule has 1 aromatic heterocycles. The van der Waals surface area contributed by atoms with Gasteiger partial charge in [0.15, 0.2) is 0 Å². The first-order valence-electron chi connectivity index (χ1n) is 6.82. The lowest BCUT2D eigenvalue weighted by Crippen LogP contribution is -2.42. The summed E-state index contributed by atoms with van der Waals surface area (Å²) in [5.74, 6) is 0. The number of piperidine rings is 1. The largest absolute Gasteiger partial charge is 0.317 e. The summed E-state index contributed by atoms with van der Waals surface area (Å²) in [6.07, 6.45) is 1.43. The van der Waals surface area contributed by atoms with E-state index in [1.807, 2.05) is 6.92 Å². The van der Waals surface area contributed by atoms with Crippen LogP contribution >= 0.6 is 12.4 Å². The summed E-state index contributed by atoms with van der Waals surface area (Å²) in [5.41, 5.74) is -0.0860. The van der Waals surface area contributed by atoms with Gasteiger partial charge >= 0.3 is 0 Å². The highest BCUT2D eigenvalue weighted by Gasteiger charge is 2.29. The zero-order valence-corrected chi connectivity index (χ0v) is 13.9. The quantitative estimate of drug-likeness (QED) is 0.802. The zero-order valence-electron chi connectivity index (χ0n) is 12.3. The third kappa shape index (κ3) is 5.15. The SMILES string of the molecule is CC1(CNS(=O)(=O)c2cnn(CC(F)F)c2)CCNCC1.Cl. The lowest BCUT2D eigenvalue weighted by atomic mass is 9.81. The van der Waals surface area contributed by atoms with E-state index in [1.54, 1.807) is 0 Å². The van der Waals surface area contributed by atoms with Crippen LogP contribution in [0.15, 0.2) is 17.3 Å². The molecule has 0 bridgehead atoms. The minimum atomic E-state index is -3.71. The Morgan fingerprint density at radius 2 is 2.09 bits per heavy atom. The molecule has 0 spiro atoms. The van der Waals surface area contributed by atoms with E-state index in [9.17, 15) is 17.2 Å². The second-order valence-corrected chi connectivity index (χ2v) is 7.44. The van der Waals surface area contributed by atoms with Gasteiger partial charge in [0.1, 0.15) is 11.4 Å². The van der Waals surface area contributed by atoms with Crippen LogP contribution < -0.4 is 10.0 Å². The predicted octanol–water partition coefficient (Wildman–Crippen LogP) is 1.24. The maximum atomic E-state index is 12.2. The van der Waals surface area contributed by atoms with Crippen molar-refractivity contribution in [2.24, 2.45) is 5.41 Å². The van der Waals surface area contributed by atoms with Gasteiger partial charge in [-0.2, -0.15) is 5.10 Å². The number of alkyl halides is 2. The standard InChI is InChI=1S/C12H20F2N4O2S.ClH/c1-12(2-4-15-5-3-12)9-17-21(19,20)10-6-16-18(7-10)8-11(13)14;/h6-7,11,15,17H,2-5,8-9H2,1H3;1H. The molecule has 0 atom stereocenters. The van der Waals surface area contributed by atoms with E-state index in [0.717, 1.165) is 43.0 Å². The van der Waals surface area contributed by atoms with Gasteiger partial charge in [-0.3, -0.25) is 4.68 Å². The van der Waals surface area contributed by atoms with Gasteiger partial charge in [0.05, 0.1) is 6.20 Å². The van der Waals surface area contributed by atoms with E-state index in [1.165, 1.54) is 0 Å². The van der Waals surface area contributed by atoms with Gasteiger partial charge in [-0.15, -0.1) is 12.4 Å². The molecule has 1 saturated heterocycles. The van der Waals surface area contributed by atoms with Crippen LogP contribution in [-0.4, -0.2) is 44.3 Å². The first-order chi connectivity index (χ1) is 9.81. The van der Waals surface area contributed by atoms with Crippen LogP contribution in [0.5, 0.6) is 0 Å². The molecule has 0 aliphatic carbocycles. The van der Waals surface area contributed by atoms with Crippen molar-refractivity contribution in [2.45, 2.75) is 37.6 Å². The predicted molar refractivity (Wildman–Crippen MR) is 80.9 cm³/mol. The number of nitrogens with zero attached hydrogens (tertiary/aromatic N) is 2. The molecule has 22 heavy (non-hydrogen) atoms. The number of hydrogen-bond donors (Lipinski definition) is 2. The van der Waals surface area contributed by atoms with E-state index < -0.39 is 23.0 Å². The van der Waals surface area contributed by atoms with Gasteiger partial charge in [0, 0.05) is 12.7 Å². The van der Waals surface area contributed by atoms with Crippen molar-refractivity contribution in [3.63, 3.8) is 0 Å². The van der Waals surface area contributed by atoms with E-state index in [2.05, 4.69) is 15.1 Å². The number of sulfonamides is 1. The number of aromatic nitrogens is 2. The fraction of sp³-hybridized carbons (Fsp3) is 0.750. The van der Waals surface area contributed by atoms with Gasteiger partial charge in [-0.25, -0.2) is 21.9 Å². The van der Waals surface area contributed by atoms with E-state index in [4.69, 9.17) is 0 Å². The third-order valence-corrected chi connectivity index (χ3v) is 5.10. The molecule has 2 N–H and O–H groups in total. The first-order valence-corrected chi connectivity index (χ1v) is 8.30. The summed E-state index contributed by atoms with van der Waals surface area (Å²) in [7, 11) is -3.71. The van der Waals surface area contributed by atoms with Crippen LogP contribution in [-0.2, 0) is 16.6 Å². The van der Waals surface area contributed by atoms with Gasteiger partial charge < -0.3 is 5.32 Å². The van der Waals surface area contributed by atoms with Crippen LogP contribution in [0.25, 0.3) is 0 Å². The zero-order chi connectivity index (χ0) is 15.5. The second kappa shape index (κ2) is 7.67. The number of hydrogen-bond acceptors (Lipinski definition) is 4. The maximum absolute atomic E-state index is 12.2. The fourth-order valence-corrected chi connectivity index (χ4v) is 3.44. The summed E-state index contributed by atoms with van der Waals surface area (Å²) in [5, 5.41) is 6.87. The van der Waals surface area contributed by atoms with Gasteiger partial charge in [0.2, 0.25) is 10.0 Å². The summed E-state index contributed by atoms with van der Waals surface area (Å²) in [6, 6.07) is 0. The molecule has 0 radical (unpaired) electrons. The van der Waals surface area contributed by atoms with E-state index in [-0.39, 0.29) is 22.7 Å². The van der Waals surface area contributed by atoms with Crippen LogP contribution in [0.3, 0.4) is 0 Å². The Kier molecular flexibility index (Phi) is 6.72. The van der Waals surface area contributed by atoms with E-state index in [0.29, 0.717) is 6.54 Å². The Bertz CT molecular complexity index is 573. The highest BCUT2D eigenvalue weighted by molar-refractivity contribution is 7.89. The Labute approximate surface area is 135 Å². The normalized spacial score (nSPS) is 18.2. The minimum absolute atomic E-state index is 0. The lowest BCUT2D eigenvalue weighted by Gasteiger charge is -2.33. The molecule has 1 aliphatic rings. The number of halogens is 3. The Morgan fingerprint density at radius 3 is 2.68 bits per heavy atom. The average Bonchev–Trinajstić information content (AvgIpc) is 2.86. The topological polar surface area (TPSA) is 76.0 Å². The molecule has 2 rings (SSSR count). The summed E-state index contributed by atoms with van der Waals surface area (Å²) < 4.78 is 52.3. The molecule has 1 fully saturated rings. The highest BCUT2D eigenvalue weighted by atomic mass is 35.5. The Morgan fingerprint density at radius 1 is 1.45 bits per heavy atom. The molecule has 128 valence electrons. The molecule has 6 nitrogen and oxygen atoms in total. The van der Waals surface area contributed by atoms with Gasteiger partial charge in [-0.1, -0.05) is 6.92 Å². The smallest absolute Gasteiger partial charge is 0.257 e. The molecule has 0 amide bonds. The van der Waals surface area contributed by atoms with Crippen molar-refractivity contribution in [3.8, 4) is 0 Å².